The van der Waals surface area contributed by atoms with E-state index < -0.39 is 10.0 Å². The van der Waals surface area contributed by atoms with Crippen molar-refractivity contribution in [3.05, 3.63) is 18.3 Å². The van der Waals surface area contributed by atoms with E-state index in [2.05, 4.69) is 10.4 Å². The molecule has 0 spiro atoms. The molecule has 0 saturated carbocycles. The normalized spacial score (nSPS) is 12.4. The first-order chi connectivity index (χ1) is 9.28. The molecule has 0 aromatic carbocycles. The molecule has 7 heteroatoms. The minimum absolute atomic E-state index is 0.115. The average Bonchev–Trinajstić information content (AvgIpc) is 2.36. The molecule has 1 rings (SSSR count). The van der Waals surface area contributed by atoms with Gasteiger partial charge >= 0.3 is 0 Å². The number of rotatable bonds is 7. The Hall–Kier alpha value is -1.18. The maximum atomic E-state index is 12.8. The van der Waals surface area contributed by atoms with Gasteiger partial charge in [-0.05, 0) is 24.0 Å². The van der Waals surface area contributed by atoms with E-state index in [0.717, 1.165) is 0 Å². The van der Waals surface area contributed by atoms with Crippen molar-refractivity contribution in [2.45, 2.75) is 32.6 Å². The third kappa shape index (κ3) is 4.16. The van der Waals surface area contributed by atoms with Crippen molar-refractivity contribution in [3.8, 4) is 0 Å². The molecule has 1 aromatic heterocycles. The number of pyridine rings is 1. The fraction of sp³-hybridized carbons (Fsp3) is 0.615. The van der Waals surface area contributed by atoms with Crippen molar-refractivity contribution in [2.24, 2.45) is 17.7 Å². The quantitative estimate of drug-likeness (QED) is 0.590. The second-order valence-electron chi connectivity index (χ2n) is 5.60. The summed E-state index contributed by atoms with van der Waals surface area (Å²) in [5, 5.41) is 0. The van der Waals surface area contributed by atoms with E-state index in [1.807, 2.05) is 27.7 Å². The van der Waals surface area contributed by atoms with Crippen molar-refractivity contribution in [1.82, 2.24) is 9.29 Å². The van der Waals surface area contributed by atoms with Crippen molar-refractivity contribution in [1.29, 1.82) is 0 Å². The standard InChI is InChI=1S/C13H24N4O2S/c1-10(2)8-17(9-11(3)4)20(18,19)12-6-5-7-15-13(12)16-14/h5-7,10-11H,8-9,14H2,1-4H3,(H,15,16). The molecule has 0 unspecified atom stereocenters. The Balaban J connectivity index is 3.21. The van der Waals surface area contributed by atoms with E-state index in [1.165, 1.54) is 16.6 Å². The number of hydrazine groups is 1. The molecule has 6 nitrogen and oxygen atoms in total. The van der Waals surface area contributed by atoms with Crippen LogP contribution in [0.25, 0.3) is 0 Å². The highest BCUT2D eigenvalue weighted by Crippen LogP contribution is 2.23. The molecule has 20 heavy (non-hydrogen) atoms. The van der Waals surface area contributed by atoms with Gasteiger partial charge in [0, 0.05) is 19.3 Å². The summed E-state index contributed by atoms with van der Waals surface area (Å²) in [6, 6.07) is 3.11. The number of nitrogens with one attached hydrogen (secondary N) is 1. The second-order valence-corrected chi connectivity index (χ2v) is 7.51. The zero-order valence-corrected chi connectivity index (χ0v) is 13.3. The molecule has 0 fully saturated rings. The fourth-order valence-electron chi connectivity index (χ4n) is 1.93. The van der Waals surface area contributed by atoms with Gasteiger partial charge in [0.1, 0.15) is 4.90 Å². The van der Waals surface area contributed by atoms with E-state index in [1.54, 1.807) is 6.07 Å². The van der Waals surface area contributed by atoms with Crippen LogP contribution in [-0.4, -0.2) is 30.8 Å². The lowest BCUT2D eigenvalue weighted by Gasteiger charge is -2.26. The van der Waals surface area contributed by atoms with Crippen LogP contribution in [0.1, 0.15) is 27.7 Å². The van der Waals surface area contributed by atoms with E-state index in [-0.39, 0.29) is 22.5 Å². The summed E-state index contributed by atoms with van der Waals surface area (Å²) >= 11 is 0. The van der Waals surface area contributed by atoms with Crippen LogP contribution < -0.4 is 11.3 Å². The number of sulfonamides is 1. The Kier molecular flexibility index (Phi) is 5.91. The highest BCUT2D eigenvalue weighted by Gasteiger charge is 2.28. The van der Waals surface area contributed by atoms with Gasteiger partial charge in [0.05, 0.1) is 0 Å². The summed E-state index contributed by atoms with van der Waals surface area (Å²) in [4.78, 5) is 4.08. The maximum absolute atomic E-state index is 12.8. The Bertz CT molecular complexity index is 519. The molecule has 1 heterocycles. The number of nitrogens with two attached hydrogens (primary N) is 1. The number of aromatic nitrogens is 1. The van der Waals surface area contributed by atoms with Gasteiger partial charge in [-0.1, -0.05) is 27.7 Å². The minimum Gasteiger partial charge on any atom is -0.307 e. The highest BCUT2D eigenvalue weighted by atomic mass is 32.2. The lowest BCUT2D eigenvalue weighted by molar-refractivity contribution is 0.333. The molecule has 0 amide bonds. The Morgan fingerprint density at radius 1 is 1.25 bits per heavy atom. The third-order valence-corrected chi connectivity index (χ3v) is 4.53. The number of nitrogen functional groups attached to an aromatic ring is 1. The van der Waals surface area contributed by atoms with Gasteiger partial charge in [-0.3, -0.25) is 0 Å². The number of nitrogens with zero attached hydrogens (tertiary/aromatic N) is 2. The summed E-state index contributed by atoms with van der Waals surface area (Å²) in [5.41, 5.74) is 2.35. The maximum Gasteiger partial charge on any atom is 0.246 e. The molecule has 0 atom stereocenters. The molecule has 114 valence electrons. The first-order valence-electron chi connectivity index (χ1n) is 6.70. The van der Waals surface area contributed by atoms with Crippen molar-refractivity contribution >= 4 is 15.8 Å². The summed E-state index contributed by atoms with van der Waals surface area (Å²) in [5.74, 6) is 6.02. The van der Waals surface area contributed by atoms with Gasteiger partial charge < -0.3 is 5.43 Å². The van der Waals surface area contributed by atoms with Gasteiger partial charge in [-0.15, -0.1) is 0 Å². The topological polar surface area (TPSA) is 88.3 Å². The van der Waals surface area contributed by atoms with E-state index in [9.17, 15) is 8.42 Å². The van der Waals surface area contributed by atoms with Crippen LogP contribution in [-0.2, 0) is 10.0 Å². The van der Waals surface area contributed by atoms with Crippen LogP contribution in [0.2, 0.25) is 0 Å². The Morgan fingerprint density at radius 2 is 1.80 bits per heavy atom. The molecule has 0 aliphatic heterocycles. The largest absolute Gasteiger partial charge is 0.307 e. The lowest BCUT2D eigenvalue weighted by atomic mass is 10.2. The average molecular weight is 300 g/mol. The third-order valence-electron chi connectivity index (χ3n) is 2.66. The van der Waals surface area contributed by atoms with E-state index >= 15 is 0 Å². The van der Waals surface area contributed by atoms with Crippen molar-refractivity contribution in [2.75, 3.05) is 18.5 Å². The highest BCUT2D eigenvalue weighted by molar-refractivity contribution is 7.89. The summed E-state index contributed by atoms with van der Waals surface area (Å²) in [7, 11) is -3.61. The first-order valence-corrected chi connectivity index (χ1v) is 8.14. The predicted octanol–water partition coefficient (Wildman–Crippen LogP) is 1.67. The Labute approximate surface area is 121 Å². The number of anilines is 1. The van der Waals surface area contributed by atoms with E-state index in [4.69, 9.17) is 5.84 Å². The molecule has 1 aromatic rings. The van der Waals surface area contributed by atoms with Gasteiger partial charge in [-0.25, -0.2) is 19.2 Å². The summed E-state index contributed by atoms with van der Waals surface area (Å²) in [6.45, 7) is 8.92. The molecule has 0 saturated heterocycles. The molecule has 0 aliphatic carbocycles. The summed E-state index contributed by atoms with van der Waals surface area (Å²) in [6.07, 6.45) is 1.50. The molecule has 0 radical (unpaired) electrons. The van der Waals surface area contributed by atoms with Crippen LogP contribution in [0.15, 0.2) is 23.2 Å². The van der Waals surface area contributed by atoms with E-state index in [0.29, 0.717) is 13.1 Å². The van der Waals surface area contributed by atoms with Crippen LogP contribution in [0.5, 0.6) is 0 Å². The zero-order chi connectivity index (χ0) is 15.3. The smallest absolute Gasteiger partial charge is 0.246 e. The van der Waals surface area contributed by atoms with Gasteiger partial charge in [0.25, 0.3) is 0 Å². The molecule has 3 N–H and O–H groups in total. The van der Waals surface area contributed by atoms with Crippen LogP contribution in [0, 0.1) is 11.8 Å². The lowest BCUT2D eigenvalue weighted by Crippen LogP contribution is -2.37. The second kappa shape index (κ2) is 7.01. The fourth-order valence-corrected chi connectivity index (χ4v) is 3.80. The Morgan fingerprint density at radius 3 is 2.25 bits per heavy atom. The van der Waals surface area contributed by atoms with Crippen molar-refractivity contribution in [3.63, 3.8) is 0 Å². The van der Waals surface area contributed by atoms with Crippen LogP contribution in [0.4, 0.5) is 5.82 Å². The zero-order valence-electron chi connectivity index (χ0n) is 12.5. The molecular formula is C13H24N4O2S. The van der Waals surface area contributed by atoms with Gasteiger partial charge in [0.15, 0.2) is 5.82 Å². The monoisotopic (exact) mass is 300 g/mol. The summed E-state index contributed by atoms with van der Waals surface area (Å²) < 4.78 is 27.0. The SMILES string of the molecule is CC(C)CN(CC(C)C)S(=O)(=O)c1cccnc1NN. The van der Waals surface area contributed by atoms with Crippen LogP contribution in [0.3, 0.4) is 0 Å². The molecular weight excluding hydrogens is 276 g/mol. The predicted molar refractivity (Wildman–Crippen MR) is 80.5 cm³/mol. The van der Waals surface area contributed by atoms with Crippen LogP contribution >= 0.6 is 0 Å². The first kappa shape index (κ1) is 16.9. The van der Waals surface area contributed by atoms with Gasteiger partial charge in [0.2, 0.25) is 10.0 Å². The number of hydrogen-bond acceptors (Lipinski definition) is 5. The number of hydrogen-bond donors (Lipinski definition) is 2. The molecule has 0 bridgehead atoms. The van der Waals surface area contributed by atoms with Gasteiger partial charge in [-0.2, -0.15) is 4.31 Å². The minimum atomic E-state index is -3.61. The molecule has 0 aliphatic rings. The van der Waals surface area contributed by atoms with Crippen molar-refractivity contribution < 1.29 is 8.42 Å².